The molecule has 0 spiro atoms. The summed E-state index contributed by atoms with van der Waals surface area (Å²) in [6.07, 6.45) is 5.02. The number of pyridine rings is 1. The molecule has 1 aromatic carbocycles. The molecule has 1 aliphatic heterocycles. The Kier molecular flexibility index (Phi) is 5.34. The van der Waals surface area contributed by atoms with Crippen LogP contribution in [0.5, 0.6) is 0 Å². The van der Waals surface area contributed by atoms with Crippen molar-refractivity contribution in [3.8, 4) is 0 Å². The van der Waals surface area contributed by atoms with Crippen molar-refractivity contribution in [3.05, 3.63) is 83.2 Å². The Balaban J connectivity index is 1.67. The Morgan fingerprint density at radius 2 is 2.07 bits per heavy atom. The predicted octanol–water partition coefficient (Wildman–Crippen LogP) is 3.63. The number of carbonyl (C=O) groups is 2. The molecule has 2 aromatic heterocycles. The number of ketones is 1. The van der Waals surface area contributed by atoms with E-state index in [0.29, 0.717) is 5.65 Å². The van der Waals surface area contributed by atoms with Crippen LogP contribution in [0.3, 0.4) is 0 Å². The van der Waals surface area contributed by atoms with Crippen molar-refractivity contribution in [1.29, 1.82) is 0 Å². The van der Waals surface area contributed by atoms with Gasteiger partial charge in [-0.1, -0.05) is 30.3 Å². The van der Waals surface area contributed by atoms with Crippen LogP contribution >= 0.6 is 0 Å². The van der Waals surface area contributed by atoms with E-state index in [2.05, 4.69) is 15.3 Å². The maximum atomic E-state index is 13.0. The Morgan fingerprint density at radius 1 is 1.27 bits per heavy atom. The molecule has 4 rings (SSSR count). The number of Topliss-reactive ketones (excluding diaryl/α,β-unsaturated/α-hetero) is 1. The van der Waals surface area contributed by atoms with Crippen molar-refractivity contribution in [2.24, 2.45) is 0 Å². The molecule has 1 aliphatic rings. The minimum atomic E-state index is -0.714. The molecule has 0 bridgehead atoms. The van der Waals surface area contributed by atoms with E-state index in [1.807, 2.05) is 49.4 Å². The molecule has 7 heteroatoms. The van der Waals surface area contributed by atoms with E-state index in [9.17, 15) is 9.59 Å². The summed E-state index contributed by atoms with van der Waals surface area (Å²) in [4.78, 5) is 32.8. The highest BCUT2D eigenvalue weighted by atomic mass is 16.5. The first kappa shape index (κ1) is 19.4. The second-order valence-electron chi connectivity index (χ2n) is 6.78. The number of nitrogens with zero attached hydrogens (tertiary/aromatic N) is 1. The van der Waals surface area contributed by atoms with Gasteiger partial charge in [-0.2, -0.15) is 0 Å². The summed E-state index contributed by atoms with van der Waals surface area (Å²) >= 11 is 0. The summed E-state index contributed by atoms with van der Waals surface area (Å²) in [5.41, 5.74) is 2.29. The van der Waals surface area contributed by atoms with Gasteiger partial charge >= 0.3 is 5.97 Å². The molecule has 0 aliphatic carbocycles. The number of ether oxygens (including phenoxy) is 2. The van der Waals surface area contributed by atoms with E-state index >= 15 is 0 Å². The Hall–Kier alpha value is -3.87. The highest BCUT2D eigenvalue weighted by molar-refractivity contribution is 6.26. The average molecular weight is 403 g/mol. The van der Waals surface area contributed by atoms with Crippen LogP contribution in [0.4, 0.5) is 0 Å². The van der Waals surface area contributed by atoms with Crippen LogP contribution in [0.2, 0.25) is 0 Å². The van der Waals surface area contributed by atoms with E-state index in [1.54, 1.807) is 25.4 Å². The van der Waals surface area contributed by atoms with Crippen LogP contribution in [0.25, 0.3) is 17.1 Å². The van der Waals surface area contributed by atoms with Crippen LogP contribution < -0.4 is 5.32 Å². The fraction of sp³-hybridized carbons (Fsp3) is 0.174. The summed E-state index contributed by atoms with van der Waals surface area (Å²) in [5.74, 6) is -1.09. The molecule has 7 nitrogen and oxygen atoms in total. The number of H-pyrrole nitrogens is 1. The molecular formula is C23H21N3O4. The number of rotatable bonds is 6. The number of allylic oxidation sites excluding steroid dienone is 1. The second-order valence-corrected chi connectivity index (χ2v) is 6.78. The number of nitrogens with one attached hydrogen (secondary N) is 2. The topological polar surface area (TPSA) is 93.3 Å². The summed E-state index contributed by atoms with van der Waals surface area (Å²) in [6.45, 7) is 3.77. The molecule has 1 atom stereocenters. The van der Waals surface area contributed by atoms with E-state index in [-0.39, 0.29) is 29.9 Å². The highest BCUT2D eigenvalue weighted by Gasteiger charge is 2.37. The zero-order chi connectivity index (χ0) is 21.1. The lowest BCUT2D eigenvalue weighted by atomic mass is 10.1. The summed E-state index contributed by atoms with van der Waals surface area (Å²) in [5, 5.41) is 3.98. The molecule has 0 saturated heterocycles. The molecule has 3 heterocycles. The Labute approximate surface area is 173 Å². The summed E-state index contributed by atoms with van der Waals surface area (Å²) < 4.78 is 10.9. The number of aromatic amines is 1. The van der Waals surface area contributed by atoms with Crippen LogP contribution in [-0.4, -0.2) is 28.3 Å². The number of hydrogen-bond donors (Lipinski definition) is 2. The summed E-state index contributed by atoms with van der Waals surface area (Å²) in [6, 6.07) is 13.2. The first-order valence-electron chi connectivity index (χ1n) is 9.67. The number of hydrogen-bond acceptors (Lipinski definition) is 6. The first-order chi connectivity index (χ1) is 14.6. The van der Waals surface area contributed by atoms with Crippen LogP contribution in [-0.2, 0) is 19.1 Å². The van der Waals surface area contributed by atoms with Gasteiger partial charge in [-0.25, -0.2) is 9.78 Å². The van der Waals surface area contributed by atoms with Gasteiger partial charge < -0.3 is 19.8 Å². The van der Waals surface area contributed by atoms with E-state index < -0.39 is 11.8 Å². The van der Waals surface area contributed by atoms with E-state index in [4.69, 9.17) is 9.47 Å². The minimum Gasteiger partial charge on any atom is -0.462 e. The zero-order valence-corrected chi connectivity index (χ0v) is 16.6. The van der Waals surface area contributed by atoms with E-state index in [0.717, 1.165) is 16.5 Å². The monoisotopic (exact) mass is 403 g/mol. The quantitative estimate of drug-likeness (QED) is 0.371. The average Bonchev–Trinajstić information content (AvgIpc) is 3.30. The fourth-order valence-electron chi connectivity index (χ4n) is 3.28. The highest BCUT2D eigenvalue weighted by Crippen LogP contribution is 2.29. The lowest BCUT2D eigenvalue weighted by Gasteiger charge is -2.16. The predicted molar refractivity (Wildman–Crippen MR) is 112 cm³/mol. The van der Waals surface area contributed by atoms with Gasteiger partial charge in [0.25, 0.3) is 0 Å². The molecule has 30 heavy (non-hydrogen) atoms. The van der Waals surface area contributed by atoms with Gasteiger partial charge in [0, 0.05) is 23.3 Å². The molecular weight excluding hydrogens is 382 g/mol. The van der Waals surface area contributed by atoms with Crippen molar-refractivity contribution in [2.45, 2.75) is 19.9 Å². The van der Waals surface area contributed by atoms with Crippen molar-refractivity contribution < 1.29 is 19.1 Å². The molecule has 0 saturated carbocycles. The van der Waals surface area contributed by atoms with Gasteiger partial charge in [-0.3, -0.25) is 4.79 Å². The van der Waals surface area contributed by atoms with Gasteiger partial charge in [-0.15, -0.1) is 0 Å². The largest absolute Gasteiger partial charge is 0.462 e. The maximum absolute atomic E-state index is 13.0. The molecule has 1 unspecified atom stereocenters. The number of esters is 1. The molecule has 0 fully saturated rings. The molecule has 0 amide bonds. The van der Waals surface area contributed by atoms with Gasteiger partial charge in [0.05, 0.1) is 12.6 Å². The standard InChI is InChI=1S/C23H21N3O4/c1-3-29-23(28)19-20(27)18(12-16-13-25-21-17(16)10-7-11-24-21)30-22(19)26-14(2)15-8-5-4-6-9-15/h4-14,26H,3H2,1-2H3,(H,24,25)/b18-12-. The lowest BCUT2D eigenvalue weighted by Crippen LogP contribution is -2.22. The van der Waals surface area contributed by atoms with Gasteiger partial charge in [0.1, 0.15) is 5.65 Å². The third-order valence-electron chi connectivity index (χ3n) is 4.79. The number of aromatic nitrogens is 2. The Morgan fingerprint density at radius 3 is 2.83 bits per heavy atom. The molecule has 152 valence electrons. The normalized spacial score (nSPS) is 16.1. The summed E-state index contributed by atoms with van der Waals surface area (Å²) in [7, 11) is 0. The van der Waals surface area contributed by atoms with Gasteiger partial charge in [0.15, 0.2) is 11.3 Å². The van der Waals surface area contributed by atoms with E-state index in [1.165, 1.54) is 0 Å². The number of benzene rings is 1. The Bertz CT molecular complexity index is 1160. The van der Waals surface area contributed by atoms with Crippen molar-refractivity contribution in [1.82, 2.24) is 15.3 Å². The number of carbonyl (C=O) groups excluding carboxylic acids is 2. The third-order valence-corrected chi connectivity index (χ3v) is 4.79. The van der Waals surface area contributed by atoms with Crippen LogP contribution in [0.15, 0.2) is 72.1 Å². The zero-order valence-electron chi connectivity index (χ0n) is 16.6. The lowest BCUT2D eigenvalue weighted by molar-refractivity contribution is -0.139. The van der Waals surface area contributed by atoms with Gasteiger partial charge in [0.2, 0.25) is 11.7 Å². The minimum absolute atomic E-state index is 0.0468. The first-order valence-corrected chi connectivity index (χ1v) is 9.67. The van der Waals surface area contributed by atoms with Crippen molar-refractivity contribution in [2.75, 3.05) is 6.61 Å². The smallest absolute Gasteiger partial charge is 0.347 e. The fourth-order valence-corrected chi connectivity index (χ4v) is 3.28. The second kappa shape index (κ2) is 8.24. The van der Waals surface area contributed by atoms with Crippen LogP contribution in [0.1, 0.15) is 31.0 Å². The SMILES string of the molecule is CCOC(=O)C1=C(NC(C)c2ccccc2)O/C(=C\c2c[nH]c3ncccc23)C1=O. The molecule has 2 N–H and O–H groups in total. The van der Waals surface area contributed by atoms with Crippen molar-refractivity contribution >= 4 is 28.9 Å². The molecule has 0 radical (unpaired) electrons. The third kappa shape index (κ3) is 3.69. The van der Waals surface area contributed by atoms with Gasteiger partial charge in [-0.05, 0) is 37.6 Å². The van der Waals surface area contributed by atoms with Crippen molar-refractivity contribution in [3.63, 3.8) is 0 Å². The maximum Gasteiger partial charge on any atom is 0.347 e. The number of fused-ring (bicyclic) bond motifs is 1. The molecule has 3 aromatic rings. The van der Waals surface area contributed by atoms with Crippen LogP contribution in [0, 0.1) is 0 Å².